The van der Waals surface area contributed by atoms with Crippen molar-refractivity contribution in [2.45, 2.75) is 43.4 Å². The molecule has 0 amide bonds. The van der Waals surface area contributed by atoms with E-state index in [-0.39, 0.29) is 24.5 Å². The van der Waals surface area contributed by atoms with Crippen molar-refractivity contribution in [2.75, 3.05) is 7.11 Å². The van der Waals surface area contributed by atoms with Gasteiger partial charge in [-0.1, -0.05) is 6.58 Å². The van der Waals surface area contributed by atoms with Crippen LogP contribution >= 0.6 is 0 Å². The van der Waals surface area contributed by atoms with Crippen molar-refractivity contribution in [1.29, 1.82) is 0 Å². The van der Waals surface area contributed by atoms with E-state index in [4.69, 9.17) is 4.74 Å². The highest BCUT2D eigenvalue weighted by Gasteiger charge is 2.64. The minimum atomic E-state index is -2.82. The topological polar surface area (TPSA) is 80.2 Å². The van der Waals surface area contributed by atoms with Gasteiger partial charge in [-0.2, -0.15) is 5.10 Å². The van der Waals surface area contributed by atoms with Crippen molar-refractivity contribution in [1.82, 2.24) is 20.5 Å². The first-order valence-corrected chi connectivity index (χ1v) is 10.5. The molecule has 0 saturated carbocycles. The molecule has 2 N–H and O–H groups in total. The largest absolute Gasteiger partial charge is 0.507 e. The second-order valence-corrected chi connectivity index (χ2v) is 8.92. The van der Waals surface area contributed by atoms with Crippen LogP contribution in [0.3, 0.4) is 0 Å². The highest BCUT2D eigenvalue weighted by atomic mass is 19.3. The fraction of sp³-hybridized carbons (Fsp3) is 0.375. The lowest BCUT2D eigenvalue weighted by atomic mass is 9.77. The van der Waals surface area contributed by atoms with Gasteiger partial charge in [0, 0.05) is 48.8 Å². The molecule has 166 valence electrons. The Labute approximate surface area is 184 Å². The number of hydrogen-bond donors (Lipinski definition) is 2. The Bertz CT molecular complexity index is 1200. The molecule has 1 unspecified atom stereocenters. The van der Waals surface area contributed by atoms with Crippen molar-refractivity contribution in [3.05, 3.63) is 55.0 Å². The minimum Gasteiger partial charge on any atom is -0.507 e. The van der Waals surface area contributed by atoms with Gasteiger partial charge in [0.05, 0.1) is 23.0 Å². The number of nitrogens with one attached hydrogen (secondary N) is 1. The molecule has 2 saturated heterocycles. The van der Waals surface area contributed by atoms with Crippen LogP contribution < -0.4 is 5.32 Å². The van der Waals surface area contributed by atoms with Gasteiger partial charge in [0.2, 0.25) is 0 Å². The third-order valence-electron chi connectivity index (χ3n) is 6.95. The summed E-state index contributed by atoms with van der Waals surface area (Å²) in [5.41, 5.74) is 0.901. The quantitative estimate of drug-likeness (QED) is 0.636. The van der Waals surface area contributed by atoms with Crippen LogP contribution in [0.15, 0.2) is 49.3 Å². The zero-order chi connectivity index (χ0) is 22.7. The van der Waals surface area contributed by atoms with Gasteiger partial charge in [0.1, 0.15) is 5.75 Å². The fourth-order valence-electron chi connectivity index (χ4n) is 5.13. The first kappa shape index (κ1) is 20.9. The van der Waals surface area contributed by atoms with E-state index < -0.39 is 23.6 Å². The van der Waals surface area contributed by atoms with Crippen LogP contribution in [0.1, 0.15) is 25.5 Å². The minimum absolute atomic E-state index is 0.0795. The number of halogens is 2. The Kier molecular flexibility index (Phi) is 4.76. The molecule has 3 aromatic rings. The molecular formula is C24H24F2N4O2. The van der Waals surface area contributed by atoms with Gasteiger partial charge >= 0.3 is 0 Å². The van der Waals surface area contributed by atoms with E-state index in [2.05, 4.69) is 27.1 Å². The van der Waals surface area contributed by atoms with Crippen molar-refractivity contribution in [3.8, 4) is 17.0 Å². The van der Waals surface area contributed by atoms with Gasteiger partial charge in [-0.15, -0.1) is 5.10 Å². The molecule has 6 nitrogen and oxygen atoms in total. The third kappa shape index (κ3) is 3.17. The molecular weight excluding hydrogens is 414 g/mol. The Hall–Kier alpha value is -2.97. The van der Waals surface area contributed by atoms with Crippen molar-refractivity contribution >= 4 is 16.3 Å². The number of benzene rings is 1. The second-order valence-electron chi connectivity index (χ2n) is 8.92. The Morgan fingerprint density at radius 2 is 2.00 bits per heavy atom. The molecule has 2 fully saturated rings. The van der Waals surface area contributed by atoms with Crippen molar-refractivity contribution in [3.63, 3.8) is 0 Å². The summed E-state index contributed by atoms with van der Waals surface area (Å²) in [5.74, 6) is -3.05. The Balaban J connectivity index is 1.44. The summed E-state index contributed by atoms with van der Waals surface area (Å²) in [6.07, 6.45) is 2.87. The van der Waals surface area contributed by atoms with E-state index in [1.807, 2.05) is 12.1 Å². The number of fused-ring (bicyclic) bond motifs is 3. The molecule has 2 aliphatic heterocycles. The highest BCUT2D eigenvalue weighted by Crippen LogP contribution is 2.51. The van der Waals surface area contributed by atoms with Crippen LogP contribution in [-0.2, 0) is 4.74 Å². The first-order valence-electron chi connectivity index (χ1n) is 10.5. The molecule has 8 heteroatoms. The summed E-state index contributed by atoms with van der Waals surface area (Å²) in [4.78, 5) is 4.06. The Morgan fingerprint density at radius 3 is 2.72 bits per heavy atom. The number of nitrogens with zero attached hydrogens (tertiary/aromatic N) is 3. The summed E-state index contributed by atoms with van der Waals surface area (Å²) in [6, 6.07) is 8.39. The van der Waals surface area contributed by atoms with Gasteiger partial charge in [0.25, 0.3) is 5.92 Å². The van der Waals surface area contributed by atoms with Crippen LogP contribution in [-0.4, -0.2) is 51.0 Å². The lowest BCUT2D eigenvalue weighted by Crippen LogP contribution is -2.59. The number of ether oxygens (including phenoxy) is 1. The number of methoxy groups -OCH3 is 1. The first-order chi connectivity index (χ1) is 15.2. The van der Waals surface area contributed by atoms with E-state index in [1.54, 1.807) is 44.6 Å². The number of rotatable bonds is 4. The van der Waals surface area contributed by atoms with Crippen molar-refractivity contribution in [2.24, 2.45) is 5.92 Å². The lowest BCUT2D eigenvalue weighted by molar-refractivity contribution is -0.0630. The van der Waals surface area contributed by atoms with Crippen LogP contribution in [0.2, 0.25) is 0 Å². The number of pyridine rings is 1. The zero-order valence-electron chi connectivity index (χ0n) is 17.8. The third-order valence-corrected chi connectivity index (χ3v) is 6.95. The molecule has 0 aliphatic carbocycles. The zero-order valence-corrected chi connectivity index (χ0v) is 17.8. The summed E-state index contributed by atoms with van der Waals surface area (Å²) >= 11 is 0. The second kappa shape index (κ2) is 7.28. The average molecular weight is 438 g/mol. The average Bonchev–Trinajstić information content (AvgIpc) is 2.96. The Morgan fingerprint density at radius 1 is 1.19 bits per heavy atom. The smallest absolute Gasteiger partial charge is 0.267 e. The molecule has 2 bridgehead atoms. The summed E-state index contributed by atoms with van der Waals surface area (Å²) in [7, 11) is 1.54. The van der Waals surface area contributed by atoms with E-state index in [9.17, 15) is 13.9 Å². The van der Waals surface area contributed by atoms with Gasteiger partial charge in [0.15, 0.2) is 0 Å². The molecule has 5 rings (SSSR count). The maximum Gasteiger partial charge on any atom is 0.267 e. The van der Waals surface area contributed by atoms with E-state index in [0.717, 1.165) is 10.8 Å². The molecule has 4 atom stereocenters. The molecule has 4 heterocycles. The lowest BCUT2D eigenvalue weighted by Gasteiger charge is -2.42. The molecule has 1 aromatic carbocycles. The van der Waals surface area contributed by atoms with E-state index >= 15 is 0 Å². The molecule has 0 spiro atoms. The van der Waals surface area contributed by atoms with Gasteiger partial charge in [-0.05, 0) is 54.6 Å². The summed E-state index contributed by atoms with van der Waals surface area (Å²) < 4.78 is 34.9. The van der Waals surface area contributed by atoms with Crippen LogP contribution in [0.25, 0.3) is 27.6 Å². The SMILES string of the molecule is C=C(c1ccc(-c2cc3ccncc3cc2O)nn1)[C@H]1C[C@@]2(C)NC(CC2(F)F)[C@@H]1OC. The van der Waals surface area contributed by atoms with Crippen LogP contribution in [0, 0.1) is 5.92 Å². The number of phenols is 1. The monoisotopic (exact) mass is 438 g/mol. The maximum absolute atomic E-state index is 14.6. The molecule has 2 aliphatic rings. The van der Waals surface area contributed by atoms with Gasteiger partial charge in [-0.3, -0.25) is 4.98 Å². The predicted molar refractivity (Wildman–Crippen MR) is 117 cm³/mol. The van der Waals surface area contributed by atoms with E-state index in [0.29, 0.717) is 22.5 Å². The number of piperidine rings is 1. The molecule has 2 aromatic heterocycles. The summed E-state index contributed by atoms with van der Waals surface area (Å²) in [5, 5.41) is 23.9. The molecule has 32 heavy (non-hydrogen) atoms. The highest BCUT2D eigenvalue weighted by molar-refractivity contribution is 5.89. The number of aromatic nitrogens is 3. The van der Waals surface area contributed by atoms with E-state index in [1.165, 1.54) is 0 Å². The van der Waals surface area contributed by atoms with Crippen LogP contribution in [0.5, 0.6) is 5.75 Å². The maximum atomic E-state index is 14.6. The fourth-order valence-corrected chi connectivity index (χ4v) is 5.13. The predicted octanol–water partition coefficient (Wildman–Crippen LogP) is 4.20. The number of phenolic OH excluding ortho intramolecular Hbond substituents is 1. The van der Waals surface area contributed by atoms with Crippen molar-refractivity contribution < 1.29 is 18.6 Å². The van der Waals surface area contributed by atoms with Gasteiger partial charge in [-0.25, -0.2) is 8.78 Å². The normalized spacial score (nSPS) is 28.7. The number of aromatic hydroxyl groups is 1. The molecule has 0 radical (unpaired) electrons. The van der Waals surface area contributed by atoms with Gasteiger partial charge < -0.3 is 15.2 Å². The number of alkyl halides is 2. The summed E-state index contributed by atoms with van der Waals surface area (Å²) in [6.45, 7) is 5.73. The number of hydrogen-bond acceptors (Lipinski definition) is 6. The standard InChI is InChI=1S/C24H24F2N4O2/c1-13(17-10-23(2)24(25,26)11-20(28-23)22(17)32-3)18-4-5-19(30-29-18)16-8-14-6-7-27-12-15(14)9-21(16)31/h4-9,12,17,20,22,28,31H,1,10-11H2,2-3H3/t17-,20?,22-,23-/m1/s1. The van der Waals surface area contributed by atoms with Crippen LogP contribution in [0.4, 0.5) is 8.78 Å².